The van der Waals surface area contributed by atoms with E-state index in [-0.39, 0.29) is 12.3 Å². The molecular weight excluding hydrogens is 759 g/mol. The van der Waals surface area contributed by atoms with Gasteiger partial charge in [0.25, 0.3) is 5.91 Å². The molecule has 61 heavy (non-hydrogen) atoms. The highest BCUT2D eigenvalue weighted by molar-refractivity contribution is 5.93. The third-order valence-corrected chi connectivity index (χ3v) is 11.1. The summed E-state index contributed by atoms with van der Waals surface area (Å²) in [5, 5.41) is 26.5. The molecule has 2 aromatic heterocycles. The standard InChI is InChI=1S/C51H47N7O3/c1-2-3-28-47-52-35-46(50(61)53-43(34-48(59)60)33-37-18-8-4-9-19-37)57(47)36-38-29-31-39(32-30-38)44-26-16-17-27-45(44)49-54-55-56-58(49)51(40-20-10-5-11-21-40,41-22-12-6-13-23-41)42-24-14-7-15-25-42/h4-27,29-32,35,43H,2-3,28,33-34,36H2,1H3,(H,53,61)(H,59,60)/t43-/m1/s1. The Balaban J connectivity index is 1.14. The van der Waals surface area contributed by atoms with Crippen LogP contribution in [0, 0.1) is 0 Å². The predicted octanol–water partition coefficient (Wildman–Crippen LogP) is 9.25. The number of hydrogen-bond acceptors (Lipinski definition) is 6. The number of hydrogen-bond donors (Lipinski definition) is 2. The van der Waals surface area contributed by atoms with Crippen LogP contribution in [-0.4, -0.2) is 52.8 Å². The number of nitrogens with one attached hydrogen (secondary N) is 1. The van der Waals surface area contributed by atoms with Gasteiger partial charge in [0.05, 0.1) is 12.6 Å². The number of carboxylic acids is 1. The van der Waals surface area contributed by atoms with E-state index in [0.717, 1.165) is 63.2 Å². The number of aliphatic carboxylic acids is 1. The van der Waals surface area contributed by atoms with Crippen molar-refractivity contribution in [1.82, 2.24) is 35.1 Å². The van der Waals surface area contributed by atoms with Crippen LogP contribution in [0.5, 0.6) is 0 Å². The average Bonchev–Trinajstić information content (AvgIpc) is 3.95. The second-order valence-electron chi connectivity index (χ2n) is 15.2. The molecule has 0 aliphatic heterocycles. The van der Waals surface area contributed by atoms with Gasteiger partial charge in [0.15, 0.2) is 5.82 Å². The molecule has 0 radical (unpaired) electrons. The van der Waals surface area contributed by atoms with Crippen molar-refractivity contribution in [1.29, 1.82) is 0 Å². The Labute approximate surface area is 355 Å². The molecule has 2 heterocycles. The zero-order valence-corrected chi connectivity index (χ0v) is 34.0. The molecule has 0 saturated heterocycles. The molecule has 0 aliphatic carbocycles. The number of carboxylic acid groups (broad SMARTS) is 1. The molecule has 304 valence electrons. The summed E-state index contributed by atoms with van der Waals surface area (Å²) in [4.78, 5) is 30.4. The maximum atomic E-state index is 13.9. The molecule has 0 saturated carbocycles. The summed E-state index contributed by atoms with van der Waals surface area (Å²) >= 11 is 0. The summed E-state index contributed by atoms with van der Waals surface area (Å²) in [7, 11) is 0. The Kier molecular flexibility index (Phi) is 12.3. The van der Waals surface area contributed by atoms with E-state index in [2.05, 4.69) is 95.2 Å². The highest BCUT2D eigenvalue weighted by Crippen LogP contribution is 2.43. The Morgan fingerprint density at radius 1 is 0.689 bits per heavy atom. The van der Waals surface area contributed by atoms with Gasteiger partial charge in [-0.25, -0.2) is 9.67 Å². The summed E-state index contributed by atoms with van der Waals surface area (Å²) in [6.45, 7) is 2.54. The molecule has 0 aliphatic rings. The number of carbonyl (C=O) groups is 2. The third kappa shape index (κ3) is 8.65. The predicted molar refractivity (Wildman–Crippen MR) is 237 cm³/mol. The average molecular weight is 806 g/mol. The largest absolute Gasteiger partial charge is 0.481 e. The maximum absolute atomic E-state index is 13.9. The quantitative estimate of drug-likeness (QED) is 0.0879. The fraction of sp³-hybridized carbons (Fsp3) is 0.176. The lowest BCUT2D eigenvalue weighted by Gasteiger charge is -2.36. The van der Waals surface area contributed by atoms with Crippen LogP contribution in [0.15, 0.2) is 176 Å². The van der Waals surface area contributed by atoms with Gasteiger partial charge in [-0.15, -0.1) is 5.10 Å². The maximum Gasteiger partial charge on any atom is 0.305 e. The van der Waals surface area contributed by atoms with E-state index in [1.54, 1.807) is 6.20 Å². The molecule has 6 aromatic carbocycles. The van der Waals surface area contributed by atoms with Gasteiger partial charge < -0.3 is 15.0 Å². The van der Waals surface area contributed by atoms with Crippen LogP contribution in [-0.2, 0) is 29.7 Å². The molecule has 1 atom stereocenters. The number of unbranched alkanes of at least 4 members (excludes halogenated alkanes) is 1. The smallest absolute Gasteiger partial charge is 0.305 e. The Morgan fingerprint density at radius 2 is 1.25 bits per heavy atom. The highest BCUT2D eigenvalue weighted by atomic mass is 16.4. The van der Waals surface area contributed by atoms with Gasteiger partial charge in [0.1, 0.15) is 17.1 Å². The van der Waals surface area contributed by atoms with Gasteiger partial charge in [0.2, 0.25) is 0 Å². The normalized spacial score (nSPS) is 11.9. The third-order valence-electron chi connectivity index (χ3n) is 11.1. The van der Waals surface area contributed by atoms with E-state index in [0.29, 0.717) is 30.9 Å². The van der Waals surface area contributed by atoms with Crippen LogP contribution in [0.1, 0.15) is 70.3 Å². The molecule has 1 amide bonds. The van der Waals surface area contributed by atoms with Gasteiger partial charge in [-0.1, -0.05) is 183 Å². The van der Waals surface area contributed by atoms with E-state index in [4.69, 9.17) is 10.3 Å². The molecule has 0 bridgehead atoms. The second kappa shape index (κ2) is 18.6. The van der Waals surface area contributed by atoms with Crippen LogP contribution in [0.25, 0.3) is 22.5 Å². The number of tetrazole rings is 1. The first kappa shape index (κ1) is 40.3. The van der Waals surface area contributed by atoms with Crippen LogP contribution >= 0.6 is 0 Å². The van der Waals surface area contributed by atoms with Gasteiger partial charge in [-0.2, -0.15) is 0 Å². The highest BCUT2D eigenvalue weighted by Gasteiger charge is 2.42. The molecule has 10 heteroatoms. The summed E-state index contributed by atoms with van der Waals surface area (Å²) in [6, 6.07) is 56.6. The first-order valence-corrected chi connectivity index (χ1v) is 20.7. The van der Waals surface area contributed by atoms with Crippen molar-refractivity contribution in [2.24, 2.45) is 0 Å². The number of carbonyl (C=O) groups excluding carboxylic acids is 1. The Morgan fingerprint density at radius 3 is 1.82 bits per heavy atom. The molecule has 8 aromatic rings. The van der Waals surface area contributed by atoms with Crippen molar-refractivity contribution in [3.63, 3.8) is 0 Å². The molecule has 2 N–H and O–H groups in total. The van der Waals surface area contributed by atoms with Crippen LogP contribution in [0.3, 0.4) is 0 Å². The van der Waals surface area contributed by atoms with Gasteiger partial charge in [0, 0.05) is 24.6 Å². The molecule has 0 fully saturated rings. The molecule has 8 rings (SSSR count). The molecule has 0 spiro atoms. The number of aryl methyl sites for hydroxylation is 1. The van der Waals surface area contributed by atoms with E-state index in [1.807, 2.05) is 106 Å². The van der Waals surface area contributed by atoms with Gasteiger partial charge >= 0.3 is 5.97 Å². The van der Waals surface area contributed by atoms with Crippen LogP contribution in [0.2, 0.25) is 0 Å². The van der Waals surface area contributed by atoms with Gasteiger partial charge in [-0.05, 0) is 62.2 Å². The van der Waals surface area contributed by atoms with Crippen LogP contribution < -0.4 is 5.32 Å². The van der Waals surface area contributed by atoms with Crippen molar-refractivity contribution < 1.29 is 14.7 Å². The number of rotatable bonds is 17. The number of benzene rings is 6. The van der Waals surface area contributed by atoms with Crippen molar-refractivity contribution in [2.75, 3.05) is 0 Å². The lowest BCUT2D eigenvalue weighted by molar-refractivity contribution is -0.137. The number of nitrogens with zero attached hydrogens (tertiary/aromatic N) is 6. The molecular formula is C51H47N7O3. The summed E-state index contributed by atoms with van der Waals surface area (Å²) in [6.07, 6.45) is 4.42. The first-order chi connectivity index (χ1) is 29.9. The van der Waals surface area contributed by atoms with E-state index >= 15 is 0 Å². The van der Waals surface area contributed by atoms with Gasteiger partial charge in [-0.3, -0.25) is 9.59 Å². The number of amides is 1. The zero-order valence-electron chi connectivity index (χ0n) is 34.0. The lowest BCUT2D eigenvalue weighted by Crippen LogP contribution is -2.39. The van der Waals surface area contributed by atoms with Crippen LogP contribution in [0.4, 0.5) is 0 Å². The van der Waals surface area contributed by atoms with Crippen molar-refractivity contribution in [2.45, 2.75) is 57.2 Å². The molecule has 0 unspecified atom stereocenters. The number of imidazole rings is 1. The molecule has 10 nitrogen and oxygen atoms in total. The lowest BCUT2D eigenvalue weighted by atomic mass is 9.77. The summed E-state index contributed by atoms with van der Waals surface area (Å²) in [5.74, 6) is 0.0990. The topological polar surface area (TPSA) is 128 Å². The Bertz CT molecular complexity index is 2580. The van der Waals surface area contributed by atoms with Crippen molar-refractivity contribution in [3.05, 3.63) is 215 Å². The minimum Gasteiger partial charge on any atom is -0.481 e. The fourth-order valence-electron chi connectivity index (χ4n) is 8.24. The van der Waals surface area contributed by atoms with Crippen molar-refractivity contribution in [3.8, 4) is 22.5 Å². The Hall–Kier alpha value is -7.46. The van der Waals surface area contributed by atoms with E-state index in [1.165, 1.54) is 0 Å². The first-order valence-electron chi connectivity index (χ1n) is 20.7. The minimum absolute atomic E-state index is 0.196. The fourth-order valence-corrected chi connectivity index (χ4v) is 8.24. The second-order valence-corrected chi connectivity index (χ2v) is 15.2. The minimum atomic E-state index is -0.973. The SMILES string of the molecule is CCCCc1ncc(C(=O)N[C@@H](CC(=O)O)Cc2ccccc2)n1Cc1ccc(-c2ccccc2-c2nnnn2C(c2ccccc2)(c2ccccc2)c2ccccc2)cc1. The van der Waals surface area contributed by atoms with E-state index < -0.39 is 17.6 Å². The van der Waals surface area contributed by atoms with E-state index in [9.17, 15) is 14.7 Å². The zero-order chi connectivity index (χ0) is 42.0. The van der Waals surface area contributed by atoms with Crippen molar-refractivity contribution >= 4 is 11.9 Å². The number of aromatic nitrogens is 6. The summed E-state index contributed by atoms with van der Waals surface area (Å²) < 4.78 is 3.91. The summed E-state index contributed by atoms with van der Waals surface area (Å²) in [5.41, 5.74) is 7.29. The monoisotopic (exact) mass is 805 g/mol.